The summed E-state index contributed by atoms with van der Waals surface area (Å²) in [5.41, 5.74) is 0.357. The molecule has 0 aromatic heterocycles. The molecule has 5 nitrogen and oxygen atoms in total. The Kier molecular flexibility index (Phi) is 6.50. The number of alkyl halides is 3. The van der Waals surface area contributed by atoms with Gasteiger partial charge in [-0.05, 0) is 54.1 Å². The van der Waals surface area contributed by atoms with Crippen molar-refractivity contribution < 1.29 is 32.6 Å². The first-order valence-electron chi connectivity index (χ1n) is 8.86. The zero-order valence-electron chi connectivity index (χ0n) is 15.7. The smallest absolute Gasteiger partial charge is 0.416 e. The van der Waals surface area contributed by atoms with Crippen LogP contribution in [0.1, 0.15) is 31.8 Å². The van der Waals surface area contributed by atoms with Crippen molar-refractivity contribution in [3.05, 3.63) is 94.0 Å². The Labute approximate surface area is 180 Å². The molecule has 0 unspecified atom stereocenters. The normalized spacial score (nSPS) is 11.1. The van der Waals surface area contributed by atoms with Crippen molar-refractivity contribution in [2.24, 2.45) is 0 Å². The minimum Gasteiger partial charge on any atom is -0.487 e. The molecule has 3 rings (SSSR count). The molecule has 0 saturated heterocycles. The number of hydrogen-bond acceptors (Lipinski definition) is 3. The van der Waals surface area contributed by atoms with E-state index in [9.17, 15) is 22.8 Å². The quantitative estimate of drug-likeness (QED) is 0.492. The van der Waals surface area contributed by atoms with Crippen LogP contribution < -0.4 is 10.1 Å². The Morgan fingerprint density at radius 1 is 0.968 bits per heavy atom. The summed E-state index contributed by atoms with van der Waals surface area (Å²) in [4.78, 5) is 23.5. The molecule has 31 heavy (non-hydrogen) atoms. The second-order valence-corrected chi connectivity index (χ2v) is 6.88. The molecule has 0 aliphatic rings. The number of rotatable bonds is 6. The van der Waals surface area contributed by atoms with Gasteiger partial charge in [-0.15, -0.1) is 0 Å². The molecule has 2 N–H and O–H groups in total. The van der Waals surface area contributed by atoms with Gasteiger partial charge in [0.25, 0.3) is 5.91 Å². The molecule has 1 amide bonds. The highest BCUT2D eigenvalue weighted by atomic mass is 35.5. The van der Waals surface area contributed by atoms with Crippen molar-refractivity contribution in [1.82, 2.24) is 0 Å². The first-order chi connectivity index (χ1) is 14.6. The third-order valence-corrected chi connectivity index (χ3v) is 4.51. The summed E-state index contributed by atoms with van der Waals surface area (Å²) < 4.78 is 43.7. The van der Waals surface area contributed by atoms with Crippen LogP contribution in [0.5, 0.6) is 5.75 Å². The van der Waals surface area contributed by atoms with E-state index in [1.807, 2.05) is 0 Å². The number of carbonyl (C=O) groups is 2. The minimum atomic E-state index is -4.51. The lowest BCUT2D eigenvalue weighted by Crippen LogP contribution is -2.13. The van der Waals surface area contributed by atoms with Gasteiger partial charge in [0.2, 0.25) is 0 Å². The number of aromatic carboxylic acids is 1. The third-order valence-electron chi connectivity index (χ3n) is 4.21. The molecule has 0 atom stereocenters. The lowest BCUT2D eigenvalue weighted by Gasteiger charge is -2.12. The van der Waals surface area contributed by atoms with Crippen LogP contribution in [0.4, 0.5) is 18.9 Å². The molecule has 160 valence electrons. The highest BCUT2D eigenvalue weighted by Crippen LogP contribution is 2.35. The van der Waals surface area contributed by atoms with Crippen LogP contribution in [-0.4, -0.2) is 17.0 Å². The molecular formula is C22H15ClF3NO4. The summed E-state index contributed by atoms with van der Waals surface area (Å²) in [6, 6.07) is 15.0. The fourth-order valence-electron chi connectivity index (χ4n) is 2.69. The monoisotopic (exact) mass is 449 g/mol. The third kappa shape index (κ3) is 5.76. The molecule has 3 aromatic rings. The predicted octanol–water partition coefficient (Wildman–Crippen LogP) is 5.89. The second-order valence-electron chi connectivity index (χ2n) is 6.47. The molecule has 0 fully saturated rings. The summed E-state index contributed by atoms with van der Waals surface area (Å²) in [5.74, 6) is -1.50. The molecule has 0 spiro atoms. The minimum absolute atomic E-state index is 0.0271. The van der Waals surface area contributed by atoms with Crippen LogP contribution in [-0.2, 0) is 12.8 Å². The van der Waals surface area contributed by atoms with Crippen molar-refractivity contribution in [2.75, 3.05) is 5.32 Å². The number of halogens is 4. The van der Waals surface area contributed by atoms with Crippen molar-refractivity contribution in [2.45, 2.75) is 12.8 Å². The van der Waals surface area contributed by atoms with Gasteiger partial charge in [-0.25, -0.2) is 4.79 Å². The summed E-state index contributed by atoms with van der Waals surface area (Å²) in [5, 5.41) is 11.5. The van der Waals surface area contributed by atoms with Gasteiger partial charge in [-0.1, -0.05) is 29.8 Å². The maximum Gasteiger partial charge on any atom is 0.416 e. The molecule has 0 bridgehead atoms. The Morgan fingerprint density at radius 3 is 2.35 bits per heavy atom. The van der Waals surface area contributed by atoms with Crippen LogP contribution in [0.2, 0.25) is 5.02 Å². The molecule has 0 radical (unpaired) electrons. The van der Waals surface area contributed by atoms with Crippen LogP contribution in [0.15, 0.2) is 66.7 Å². The standard InChI is InChI=1S/C22H15ClF3NO4/c23-18-11-16(22(24,25)26)7-8-19(18)31-12-13-3-1-4-14(9-13)20(28)27-17-6-2-5-15(10-17)21(29)30/h1-11H,12H2,(H,27,28)(H,29,30). The maximum atomic E-state index is 12.7. The SMILES string of the molecule is O=C(O)c1cccc(NC(=O)c2cccc(COc3ccc(C(F)(F)F)cc3Cl)c2)c1. The lowest BCUT2D eigenvalue weighted by molar-refractivity contribution is -0.137. The van der Waals surface area contributed by atoms with Gasteiger partial charge in [0, 0.05) is 11.3 Å². The Bertz CT molecular complexity index is 1130. The maximum absolute atomic E-state index is 12.7. The van der Waals surface area contributed by atoms with Gasteiger partial charge in [-0.3, -0.25) is 4.79 Å². The molecule has 9 heteroatoms. The topological polar surface area (TPSA) is 75.6 Å². The largest absolute Gasteiger partial charge is 0.487 e. The summed E-state index contributed by atoms with van der Waals surface area (Å²) in [7, 11) is 0. The van der Waals surface area contributed by atoms with E-state index in [4.69, 9.17) is 21.4 Å². The number of anilines is 1. The van der Waals surface area contributed by atoms with E-state index in [-0.39, 0.29) is 22.9 Å². The van der Waals surface area contributed by atoms with Gasteiger partial charge in [0.05, 0.1) is 16.1 Å². The van der Waals surface area contributed by atoms with Gasteiger partial charge >= 0.3 is 12.1 Å². The number of nitrogens with one attached hydrogen (secondary N) is 1. The number of carboxylic acids is 1. The molecule has 3 aromatic carbocycles. The van der Waals surface area contributed by atoms with Crippen LogP contribution >= 0.6 is 11.6 Å². The van der Waals surface area contributed by atoms with Gasteiger partial charge in [0.15, 0.2) is 0 Å². The molecule has 0 heterocycles. The number of carbonyl (C=O) groups excluding carboxylic acids is 1. The van der Waals surface area contributed by atoms with Crippen LogP contribution in [0.25, 0.3) is 0 Å². The first kappa shape index (κ1) is 22.2. The lowest BCUT2D eigenvalue weighted by atomic mass is 10.1. The number of ether oxygens (including phenoxy) is 1. The average molecular weight is 450 g/mol. The van der Waals surface area contributed by atoms with E-state index in [1.54, 1.807) is 30.3 Å². The summed E-state index contributed by atoms with van der Waals surface area (Å²) in [6.45, 7) is -0.0271. The zero-order valence-corrected chi connectivity index (χ0v) is 16.5. The average Bonchev–Trinajstić information content (AvgIpc) is 2.72. The van der Waals surface area contributed by atoms with Crippen molar-refractivity contribution >= 4 is 29.2 Å². The molecule has 0 aliphatic heterocycles. The van der Waals surface area contributed by atoms with Crippen LogP contribution in [0, 0.1) is 0 Å². The van der Waals surface area contributed by atoms with Gasteiger partial charge in [-0.2, -0.15) is 13.2 Å². The van der Waals surface area contributed by atoms with E-state index in [0.717, 1.165) is 18.2 Å². The highest BCUT2D eigenvalue weighted by Gasteiger charge is 2.31. The highest BCUT2D eigenvalue weighted by molar-refractivity contribution is 6.32. The second kappa shape index (κ2) is 9.09. The predicted molar refractivity (Wildman–Crippen MR) is 109 cm³/mol. The zero-order chi connectivity index (χ0) is 22.6. The Balaban J connectivity index is 1.68. The number of amides is 1. The van der Waals surface area contributed by atoms with Gasteiger partial charge < -0.3 is 15.2 Å². The summed E-state index contributed by atoms with van der Waals surface area (Å²) >= 11 is 5.88. The fourth-order valence-corrected chi connectivity index (χ4v) is 2.93. The number of carboxylic acid groups (broad SMARTS) is 1. The molecular weight excluding hydrogens is 435 g/mol. The fraction of sp³-hybridized carbons (Fsp3) is 0.0909. The van der Waals surface area contributed by atoms with E-state index in [1.165, 1.54) is 18.2 Å². The first-order valence-corrected chi connectivity index (χ1v) is 9.24. The summed E-state index contributed by atoms with van der Waals surface area (Å²) in [6.07, 6.45) is -4.51. The Morgan fingerprint density at radius 2 is 1.68 bits per heavy atom. The van der Waals surface area contributed by atoms with E-state index in [2.05, 4.69) is 5.32 Å². The van der Waals surface area contributed by atoms with Crippen molar-refractivity contribution in [1.29, 1.82) is 0 Å². The van der Waals surface area contributed by atoms with E-state index < -0.39 is 23.6 Å². The molecule has 0 saturated carbocycles. The van der Waals surface area contributed by atoms with Crippen LogP contribution in [0.3, 0.4) is 0 Å². The van der Waals surface area contributed by atoms with Gasteiger partial charge in [0.1, 0.15) is 12.4 Å². The number of hydrogen-bond donors (Lipinski definition) is 2. The molecule has 0 aliphatic carbocycles. The van der Waals surface area contributed by atoms with Crippen molar-refractivity contribution in [3.63, 3.8) is 0 Å². The van der Waals surface area contributed by atoms with E-state index in [0.29, 0.717) is 16.8 Å². The number of benzene rings is 3. The van der Waals surface area contributed by atoms with E-state index >= 15 is 0 Å². The Hall–Kier alpha value is -3.52. The van der Waals surface area contributed by atoms with Crippen molar-refractivity contribution in [3.8, 4) is 5.75 Å².